The van der Waals surface area contributed by atoms with Crippen molar-refractivity contribution in [3.8, 4) is 0 Å². The fourth-order valence-corrected chi connectivity index (χ4v) is 2.95. The molecule has 2 atom stereocenters. The van der Waals surface area contributed by atoms with E-state index in [0.29, 0.717) is 5.92 Å². The Morgan fingerprint density at radius 2 is 1.79 bits per heavy atom. The SMILES string of the molecule is CCC(C)C(N)c1cc2c(cc1Br)n(C)c(=O)n2C. The van der Waals surface area contributed by atoms with E-state index in [2.05, 4.69) is 29.8 Å². The van der Waals surface area contributed by atoms with Crippen LogP contribution in [0.4, 0.5) is 0 Å². The Morgan fingerprint density at radius 1 is 1.26 bits per heavy atom. The summed E-state index contributed by atoms with van der Waals surface area (Å²) in [6.45, 7) is 4.28. The van der Waals surface area contributed by atoms with Crippen LogP contribution in [0.2, 0.25) is 0 Å². The lowest BCUT2D eigenvalue weighted by atomic mass is 9.93. The number of rotatable bonds is 3. The maximum absolute atomic E-state index is 11.9. The van der Waals surface area contributed by atoms with E-state index in [1.54, 1.807) is 23.2 Å². The van der Waals surface area contributed by atoms with E-state index < -0.39 is 0 Å². The first kappa shape index (κ1) is 14.3. The lowest BCUT2D eigenvalue weighted by molar-refractivity contribution is 0.456. The summed E-state index contributed by atoms with van der Waals surface area (Å²) < 4.78 is 4.28. The van der Waals surface area contributed by atoms with Crippen LogP contribution in [-0.2, 0) is 14.1 Å². The molecule has 0 saturated heterocycles. The fourth-order valence-electron chi connectivity index (χ4n) is 2.35. The molecule has 2 N–H and O–H groups in total. The van der Waals surface area contributed by atoms with Gasteiger partial charge in [-0.3, -0.25) is 9.13 Å². The molecule has 1 aromatic carbocycles. The van der Waals surface area contributed by atoms with Gasteiger partial charge in [0.05, 0.1) is 11.0 Å². The van der Waals surface area contributed by atoms with Crippen LogP contribution < -0.4 is 11.4 Å². The van der Waals surface area contributed by atoms with E-state index in [1.807, 2.05) is 12.1 Å². The summed E-state index contributed by atoms with van der Waals surface area (Å²) in [5.41, 5.74) is 9.19. The zero-order valence-corrected chi connectivity index (χ0v) is 13.4. The van der Waals surface area contributed by atoms with E-state index in [1.165, 1.54) is 0 Å². The van der Waals surface area contributed by atoms with Gasteiger partial charge in [0.25, 0.3) is 0 Å². The molecule has 0 bridgehead atoms. The molecule has 2 aromatic rings. The normalized spacial score (nSPS) is 14.8. The Morgan fingerprint density at radius 3 is 2.32 bits per heavy atom. The molecule has 2 unspecified atom stereocenters. The highest BCUT2D eigenvalue weighted by Gasteiger charge is 2.19. The van der Waals surface area contributed by atoms with Gasteiger partial charge in [-0.25, -0.2) is 4.79 Å². The minimum atomic E-state index is -0.0286. The molecule has 104 valence electrons. The lowest BCUT2D eigenvalue weighted by Crippen LogP contribution is -2.19. The first-order valence-corrected chi connectivity index (χ1v) is 7.28. The monoisotopic (exact) mass is 325 g/mol. The number of hydrogen-bond donors (Lipinski definition) is 1. The Kier molecular flexibility index (Phi) is 3.87. The van der Waals surface area contributed by atoms with E-state index >= 15 is 0 Å². The van der Waals surface area contributed by atoms with Crippen molar-refractivity contribution < 1.29 is 0 Å². The molecule has 5 heteroatoms. The summed E-state index contributed by atoms with van der Waals surface area (Å²) in [5, 5.41) is 0. The second-order valence-corrected chi connectivity index (χ2v) is 6.03. The molecule has 1 heterocycles. The van der Waals surface area contributed by atoms with Crippen LogP contribution in [0.3, 0.4) is 0 Å². The molecule has 0 fully saturated rings. The first-order chi connectivity index (χ1) is 8.88. The molecule has 0 spiro atoms. The van der Waals surface area contributed by atoms with Gasteiger partial charge in [-0.05, 0) is 23.6 Å². The average molecular weight is 326 g/mol. The molecule has 2 rings (SSSR count). The quantitative estimate of drug-likeness (QED) is 0.943. The zero-order valence-electron chi connectivity index (χ0n) is 11.8. The fraction of sp³-hybridized carbons (Fsp3) is 0.500. The molecule has 0 aliphatic heterocycles. The second kappa shape index (κ2) is 5.13. The third kappa shape index (κ3) is 2.25. The van der Waals surface area contributed by atoms with Crippen molar-refractivity contribution in [2.45, 2.75) is 26.3 Å². The van der Waals surface area contributed by atoms with Crippen molar-refractivity contribution in [3.05, 3.63) is 32.7 Å². The van der Waals surface area contributed by atoms with Gasteiger partial charge in [-0.2, -0.15) is 0 Å². The molecular weight excluding hydrogens is 306 g/mol. The number of hydrogen-bond acceptors (Lipinski definition) is 2. The highest BCUT2D eigenvalue weighted by Crippen LogP contribution is 2.31. The number of imidazole rings is 1. The van der Waals surface area contributed by atoms with Gasteiger partial charge in [-0.15, -0.1) is 0 Å². The molecule has 0 aliphatic carbocycles. The van der Waals surface area contributed by atoms with Gasteiger partial charge in [0, 0.05) is 24.6 Å². The maximum atomic E-state index is 11.9. The van der Waals surface area contributed by atoms with Crippen molar-refractivity contribution in [1.82, 2.24) is 9.13 Å². The maximum Gasteiger partial charge on any atom is 0.328 e. The van der Waals surface area contributed by atoms with Crippen molar-refractivity contribution in [3.63, 3.8) is 0 Å². The molecule has 4 nitrogen and oxygen atoms in total. The van der Waals surface area contributed by atoms with Crippen LogP contribution in [-0.4, -0.2) is 9.13 Å². The van der Waals surface area contributed by atoms with Crippen LogP contribution in [0.5, 0.6) is 0 Å². The molecule has 1 aromatic heterocycles. The van der Waals surface area contributed by atoms with Crippen molar-refractivity contribution >= 4 is 27.0 Å². The lowest BCUT2D eigenvalue weighted by Gasteiger charge is -2.20. The molecule has 19 heavy (non-hydrogen) atoms. The zero-order chi connectivity index (χ0) is 14.3. The van der Waals surface area contributed by atoms with Crippen LogP contribution in [0.15, 0.2) is 21.4 Å². The van der Waals surface area contributed by atoms with Crippen LogP contribution in [0.25, 0.3) is 11.0 Å². The van der Waals surface area contributed by atoms with Crippen molar-refractivity contribution in [2.24, 2.45) is 25.7 Å². The summed E-state index contributed by atoms with van der Waals surface area (Å²) in [4.78, 5) is 11.9. The van der Waals surface area contributed by atoms with Gasteiger partial charge in [0.15, 0.2) is 0 Å². The van der Waals surface area contributed by atoms with Crippen molar-refractivity contribution in [1.29, 1.82) is 0 Å². The number of nitrogens with two attached hydrogens (primary N) is 1. The standard InChI is InChI=1S/C14H20BrN3O/c1-5-8(2)13(16)9-6-11-12(7-10(9)15)18(4)14(19)17(11)3/h6-8,13H,5,16H2,1-4H3. The largest absolute Gasteiger partial charge is 0.328 e. The summed E-state index contributed by atoms with van der Waals surface area (Å²) in [5.74, 6) is 0.398. The summed E-state index contributed by atoms with van der Waals surface area (Å²) in [6, 6.07) is 3.98. The van der Waals surface area contributed by atoms with E-state index in [9.17, 15) is 4.79 Å². The smallest absolute Gasteiger partial charge is 0.324 e. The Hall–Kier alpha value is -1.07. The minimum absolute atomic E-state index is 0.0174. The Balaban J connectivity index is 2.68. The van der Waals surface area contributed by atoms with Crippen LogP contribution >= 0.6 is 15.9 Å². The van der Waals surface area contributed by atoms with E-state index in [-0.39, 0.29) is 11.7 Å². The number of fused-ring (bicyclic) bond motifs is 1. The molecule has 0 radical (unpaired) electrons. The molecule has 0 saturated carbocycles. The number of aryl methyl sites for hydroxylation is 2. The van der Waals surface area contributed by atoms with Gasteiger partial charge in [0.1, 0.15) is 0 Å². The Bertz CT molecular complexity index is 671. The number of benzene rings is 1. The number of aromatic nitrogens is 2. The van der Waals surface area contributed by atoms with Gasteiger partial charge in [-0.1, -0.05) is 36.2 Å². The van der Waals surface area contributed by atoms with Gasteiger partial charge in [0.2, 0.25) is 0 Å². The number of halogens is 1. The molecule has 0 aliphatic rings. The summed E-state index contributed by atoms with van der Waals surface area (Å²) >= 11 is 3.58. The molecular formula is C14H20BrN3O. The highest BCUT2D eigenvalue weighted by atomic mass is 79.9. The topological polar surface area (TPSA) is 52.9 Å². The average Bonchev–Trinajstić information content (AvgIpc) is 2.61. The summed E-state index contributed by atoms with van der Waals surface area (Å²) in [6.07, 6.45) is 1.03. The van der Waals surface area contributed by atoms with Crippen LogP contribution in [0, 0.1) is 5.92 Å². The third-order valence-corrected chi connectivity index (χ3v) is 4.69. The predicted molar refractivity (Wildman–Crippen MR) is 82.2 cm³/mol. The second-order valence-electron chi connectivity index (χ2n) is 5.17. The Labute approximate surface area is 121 Å². The van der Waals surface area contributed by atoms with E-state index in [4.69, 9.17) is 5.73 Å². The van der Waals surface area contributed by atoms with E-state index in [0.717, 1.165) is 27.5 Å². The van der Waals surface area contributed by atoms with Gasteiger partial charge >= 0.3 is 5.69 Å². The number of nitrogens with zero attached hydrogens (tertiary/aromatic N) is 2. The third-order valence-electron chi connectivity index (χ3n) is 4.01. The molecule has 0 amide bonds. The highest BCUT2D eigenvalue weighted by molar-refractivity contribution is 9.10. The van der Waals surface area contributed by atoms with Crippen LogP contribution in [0.1, 0.15) is 31.9 Å². The summed E-state index contributed by atoms with van der Waals surface area (Å²) in [7, 11) is 3.57. The minimum Gasteiger partial charge on any atom is -0.324 e. The predicted octanol–water partition coefficient (Wildman–Crippen LogP) is 2.69. The first-order valence-electron chi connectivity index (χ1n) is 6.48. The van der Waals surface area contributed by atoms with Gasteiger partial charge < -0.3 is 5.73 Å². The van der Waals surface area contributed by atoms with Crippen molar-refractivity contribution in [2.75, 3.05) is 0 Å².